The minimum absolute atomic E-state index is 0.00322. The van der Waals surface area contributed by atoms with E-state index in [1.807, 2.05) is 0 Å². The number of nitrogens with one attached hydrogen (secondary N) is 5. The minimum atomic E-state index is -1.58. The number of nitrogens with two attached hydrogens (primary N) is 1. The number of anilines is 1. The highest BCUT2D eigenvalue weighted by Gasteiger charge is 2.32. The molecular weight excluding hydrogens is 818 g/mol. The Morgan fingerprint density at radius 3 is 1.90 bits per heavy atom. The van der Waals surface area contributed by atoms with Crippen LogP contribution >= 0.6 is 0 Å². The summed E-state index contributed by atoms with van der Waals surface area (Å²) in [7, 11) is 0. The molecule has 1 aromatic carbocycles. The number of carbonyl (C=O) groups is 8. The molecule has 0 saturated heterocycles. The summed E-state index contributed by atoms with van der Waals surface area (Å²) in [4.78, 5) is 97.7. The van der Waals surface area contributed by atoms with Crippen LogP contribution in [0.2, 0.25) is 0 Å². The summed E-state index contributed by atoms with van der Waals surface area (Å²) >= 11 is 0. The summed E-state index contributed by atoms with van der Waals surface area (Å²) in [6.07, 6.45) is 0.471. The number of primary amides is 1. The number of amides is 7. The Morgan fingerprint density at radius 1 is 0.774 bits per heavy atom. The van der Waals surface area contributed by atoms with Gasteiger partial charge in [0.05, 0.1) is 71.5 Å². The fraction of sp³-hybridized carbons (Fsp3) is 0.600. The number of aliphatic carboxylic acids is 1. The summed E-state index contributed by atoms with van der Waals surface area (Å²) in [6, 6.07) is 2.40. The maximum Gasteiger partial charge on any atom is 0.312 e. The van der Waals surface area contributed by atoms with Crippen LogP contribution in [0.1, 0.15) is 58.4 Å². The van der Waals surface area contributed by atoms with E-state index in [0.717, 1.165) is 4.90 Å². The van der Waals surface area contributed by atoms with Crippen molar-refractivity contribution in [3.8, 4) is 0 Å². The Morgan fingerprint density at radius 2 is 1.35 bits per heavy atom. The number of urea groups is 1. The number of rotatable bonds is 33. The summed E-state index contributed by atoms with van der Waals surface area (Å²) in [5.41, 5.74) is 6.23. The topological polar surface area (TPSA) is 313 Å². The summed E-state index contributed by atoms with van der Waals surface area (Å²) < 4.78 is 26.6. The lowest BCUT2D eigenvalue weighted by Gasteiger charge is -2.31. The Hall–Kier alpha value is -5.52. The molecule has 0 aliphatic carbocycles. The van der Waals surface area contributed by atoms with E-state index >= 15 is 0 Å². The van der Waals surface area contributed by atoms with Gasteiger partial charge in [-0.2, -0.15) is 0 Å². The first-order valence-electron chi connectivity index (χ1n) is 20.2. The van der Waals surface area contributed by atoms with Crippen molar-refractivity contribution in [2.75, 3.05) is 71.3 Å². The van der Waals surface area contributed by atoms with Crippen molar-refractivity contribution < 1.29 is 72.3 Å². The van der Waals surface area contributed by atoms with E-state index in [0.29, 0.717) is 11.3 Å². The third-order valence-electron chi connectivity index (χ3n) is 8.91. The smallest absolute Gasteiger partial charge is 0.312 e. The van der Waals surface area contributed by atoms with Crippen LogP contribution in [0.3, 0.4) is 0 Å². The second kappa shape index (κ2) is 29.7. The van der Waals surface area contributed by atoms with Gasteiger partial charge in [0, 0.05) is 44.1 Å². The fourth-order valence-corrected chi connectivity index (χ4v) is 5.62. The molecule has 4 atom stereocenters. The number of nitrogens with zero attached hydrogens (tertiary/aromatic N) is 1. The molecule has 0 spiro atoms. The summed E-state index contributed by atoms with van der Waals surface area (Å²) in [5, 5.41) is 33.8. The second-order valence-electron chi connectivity index (χ2n) is 14.3. The first kappa shape index (κ1) is 52.6. The average molecular weight is 880 g/mol. The van der Waals surface area contributed by atoms with Crippen LogP contribution in [0, 0.1) is 5.92 Å². The summed E-state index contributed by atoms with van der Waals surface area (Å²) in [5.74, 6) is -4.60. The van der Waals surface area contributed by atoms with Crippen LogP contribution in [0.5, 0.6) is 0 Å². The highest BCUT2D eigenvalue weighted by Crippen LogP contribution is 2.14. The van der Waals surface area contributed by atoms with E-state index in [1.165, 1.54) is 19.1 Å². The number of hydrogen-bond donors (Lipinski definition) is 8. The average Bonchev–Trinajstić information content (AvgIpc) is 3.54. The highest BCUT2D eigenvalue weighted by atomic mass is 16.6. The van der Waals surface area contributed by atoms with Crippen molar-refractivity contribution in [3.05, 3.63) is 42.0 Å². The minimum Gasteiger partial charge on any atom is -0.481 e. The number of ether oxygens (including phenoxy) is 5. The molecule has 1 aliphatic heterocycles. The number of aliphatic hydroxyl groups is 1. The van der Waals surface area contributed by atoms with Gasteiger partial charge in [0.1, 0.15) is 18.9 Å². The number of imide groups is 1. The predicted molar refractivity (Wildman–Crippen MR) is 220 cm³/mol. The summed E-state index contributed by atoms with van der Waals surface area (Å²) in [6.45, 7) is 6.69. The Bertz CT molecular complexity index is 1630. The molecule has 62 heavy (non-hydrogen) atoms. The molecule has 7 amide bonds. The monoisotopic (exact) mass is 879 g/mol. The van der Waals surface area contributed by atoms with Gasteiger partial charge in [0.15, 0.2) is 0 Å². The van der Waals surface area contributed by atoms with E-state index in [-0.39, 0.29) is 110 Å². The molecule has 9 N–H and O–H groups in total. The third-order valence-corrected chi connectivity index (χ3v) is 8.91. The van der Waals surface area contributed by atoms with Crippen molar-refractivity contribution in [1.29, 1.82) is 0 Å². The lowest BCUT2D eigenvalue weighted by molar-refractivity contribution is -0.142. The van der Waals surface area contributed by atoms with Gasteiger partial charge in [-0.1, -0.05) is 26.0 Å². The normalized spacial score (nSPS) is 14.2. The van der Waals surface area contributed by atoms with Crippen LogP contribution in [-0.4, -0.2) is 153 Å². The number of carboxylic acids is 1. The van der Waals surface area contributed by atoms with Crippen molar-refractivity contribution in [2.24, 2.45) is 11.7 Å². The largest absolute Gasteiger partial charge is 0.481 e. The molecule has 22 nitrogen and oxygen atoms in total. The highest BCUT2D eigenvalue weighted by molar-refractivity contribution is 6.12. The molecule has 1 unspecified atom stereocenters. The van der Waals surface area contributed by atoms with Crippen LogP contribution in [0.4, 0.5) is 10.5 Å². The molecule has 1 aliphatic rings. The van der Waals surface area contributed by atoms with Gasteiger partial charge in [-0.25, -0.2) is 4.79 Å². The van der Waals surface area contributed by atoms with Crippen LogP contribution in [0.25, 0.3) is 0 Å². The number of esters is 1. The van der Waals surface area contributed by atoms with Crippen molar-refractivity contribution >= 4 is 53.2 Å². The number of hydrogen-bond acceptors (Lipinski definition) is 15. The molecule has 1 aromatic rings. The molecule has 1 heterocycles. The molecule has 0 saturated carbocycles. The third kappa shape index (κ3) is 22.4. The van der Waals surface area contributed by atoms with E-state index in [4.69, 9.17) is 29.4 Å². The molecule has 2 rings (SSSR count). The Balaban J connectivity index is 1.83. The first-order valence-corrected chi connectivity index (χ1v) is 20.2. The van der Waals surface area contributed by atoms with Gasteiger partial charge < -0.3 is 60.9 Å². The van der Waals surface area contributed by atoms with Crippen molar-refractivity contribution in [2.45, 2.75) is 83.8 Å². The number of carbonyl (C=O) groups excluding carboxylic acids is 7. The molecule has 0 radical (unpaired) electrons. The SMILES string of the molecule is CC(=O)OCc1ccc(NC(=O)[C@H](CCCNC(N)=O)NC(=O)[C@@H](NC(O)[C@H](CCC(=O)O)NC(=O)CCOCCOCCOCCOCCN2C(=O)C=CC2=O)C(C)C)cc1. The number of aliphatic hydroxyl groups excluding tert-OH is 1. The van der Waals surface area contributed by atoms with Gasteiger partial charge in [0.25, 0.3) is 11.8 Å². The van der Waals surface area contributed by atoms with Gasteiger partial charge in [0.2, 0.25) is 17.7 Å². The van der Waals surface area contributed by atoms with Gasteiger partial charge in [-0.05, 0) is 42.9 Å². The lowest BCUT2D eigenvalue weighted by atomic mass is 10.0. The Kier molecular flexibility index (Phi) is 25.2. The standard InChI is InChI=1S/C40H61N7O15/c1-26(2)36(39(56)45-30(5-4-15-42-40(41)57)37(54)43-29-8-6-28(7-9-29)25-62-27(3)48)46-38(55)31(10-13-35(52)53)44-32(49)14-17-58-19-21-60-23-24-61-22-20-59-18-16-47-33(50)11-12-34(47)51/h6-9,11-12,26,30-31,36,38,46,55H,4-5,10,13-25H2,1-3H3,(H,43,54)(H,44,49)(H,45,56)(H,52,53)(H3,41,42,57)/t30-,31-,36-,38?/m0/s1. The molecule has 22 heteroatoms. The molecule has 0 fully saturated rings. The van der Waals surface area contributed by atoms with Gasteiger partial charge in [-0.3, -0.25) is 43.8 Å². The second-order valence-corrected chi connectivity index (χ2v) is 14.3. The van der Waals surface area contributed by atoms with Crippen molar-refractivity contribution in [1.82, 2.24) is 26.2 Å². The number of carboxylic acid groups (broad SMARTS) is 1. The van der Waals surface area contributed by atoms with Crippen LogP contribution in [-0.2, 0) is 63.9 Å². The van der Waals surface area contributed by atoms with E-state index in [1.54, 1.807) is 38.1 Å². The van der Waals surface area contributed by atoms with Gasteiger partial charge >= 0.3 is 18.0 Å². The van der Waals surface area contributed by atoms with E-state index in [2.05, 4.69) is 26.6 Å². The van der Waals surface area contributed by atoms with E-state index < -0.39 is 72.4 Å². The van der Waals surface area contributed by atoms with Gasteiger partial charge in [-0.15, -0.1) is 0 Å². The van der Waals surface area contributed by atoms with Crippen molar-refractivity contribution in [3.63, 3.8) is 0 Å². The van der Waals surface area contributed by atoms with Crippen LogP contribution in [0.15, 0.2) is 36.4 Å². The molecule has 0 bridgehead atoms. The maximum atomic E-state index is 13.7. The fourth-order valence-electron chi connectivity index (χ4n) is 5.62. The predicted octanol–water partition coefficient (Wildman–Crippen LogP) is -0.715. The number of benzene rings is 1. The van der Waals surface area contributed by atoms with E-state index in [9.17, 15) is 48.6 Å². The zero-order chi connectivity index (χ0) is 45.9. The zero-order valence-corrected chi connectivity index (χ0v) is 35.4. The zero-order valence-electron chi connectivity index (χ0n) is 35.4. The molecular formula is C40H61N7O15. The maximum absolute atomic E-state index is 13.7. The molecule has 346 valence electrons. The Labute approximate surface area is 359 Å². The molecule has 0 aromatic heterocycles. The lowest BCUT2D eigenvalue weighted by Crippen LogP contribution is -2.59. The van der Waals surface area contributed by atoms with Crippen LogP contribution < -0.4 is 32.3 Å². The quantitative estimate of drug-likeness (QED) is 0.0187. The first-order chi connectivity index (χ1) is 29.6.